The van der Waals surface area contributed by atoms with Crippen LogP contribution in [0.1, 0.15) is 42.8 Å². The molecule has 0 atom stereocenters. The van der Waals surface area contributed by atoms with Gasteiger partial charge in [0.05, 0.1) is 6.61 Å². The predicted octanol–water partition coefficient (Wildman–Crippen LogP) is 0.960. The molecule has 1 heterocycles. The van der Waals surface area contributed by atoms with Crippen molar-refractivity contribution < 1.29 is 19.4 Å². The van der Waals surface area contributed by atoms with Crippen LogP contribution in [-0.4, -0.2) is 34.8 Å². The van der Waals surface area contributed by atoms with Gasteiger partial charge in [-0.2, -0.15) is 0 Å². The van der Waals surface area contributed by atoms with E-state index in [0.717, 1.165) is 0 Å². The zero-order chi connectivity index (χ0) is 13.1. The highest BCUT2D eigenvalue weighted by molar-refractivity contribution is 5.88. The van der Waals surface area contributed by atoms with Gasteiger partial charge in [0.1, 0.15) is 23.7 Å². The van der Waals surface area contributed by atoms with Gasteiger partial charge in [-0.05, 0) is 20.8 Å². The third kappa shape index (κ3) is 3.28. The summed E-state index contributed by atoms with van der Waals surface area (Å²) in [5.41, 5.74) is -0.778. The Morgan fingerprint density at radius 3 is 2.65 bits per heavy atom. The predicted molar refractivity (Wildman–Crippen MR) is 60.5 cm³/mol. The zero-order valence-corrected chi connectivity index (χ0v) is 10.5. The number of esters is 1. The largest absolute Gasteiger partial charge is 0.461 e. The van der Waals surface area contributed by atoms with Crippen LogP contribution in [0.3, 0.4) is 0 Å². The lowest BCUT2D eigenvalue weighted by Gasteiger charge is -2.15. The summed E-state index contributed by atoms with van der Waals surface area (Å²) in [6.07, 6.45) is 0. The second-order valence-corrected chi connectivity index (χ2v) is 4.12. The molecule has 96 valence electrons. The van der Waals surface area contributed by atoms with Gasteiger partial charge in [0.25, 0.3) is 0 Å². The topological polar surface area (TPSA) is 84.4 Å². The quantitative estimate of drug-likeness (QED) is 0.751. The van der Waals surface area contributed by atoms with E-state index >= 15 is 0 Å². The number of aromatic nitrogens is 2. The molecule has 0 spiro atoms. The number of carbonyl (C=O) groups is 1. The fraction of sp³-hybridized carbons (Fsp3) is 0.636. The first kappa shape index (κ1) is 13.7. The van der Waals surface area contributed by atoms with Crippen LogP contribution in [0.2, 0.25) is 0 Å². The molecule has 0 radical (unpaired) electrons. The van der Waals surface area contributed by atoms with Crippen molar-refractivity contribution in [3.8, 4) is 0 Å². The Balaban J connectivity index is 3.12. The molecule has 0 saturated carbocycles. The normalized spacial score (nSPS) is 11.6. The van der Waals surface area contributed by atoms with Gasteiger partial charge < -0.3 is 19.6 Å². The van der Waals surface area contributed by atoms with Crippen LogP contribution in [0.5, 0.6) is 0 Å². The number of aliphatic hydroxyl groups is 1. The summed E-state index contributed by atoms with van der Waals surface area (Å²) in [6, 6.07) is 0. The monoisotopic (exact) mass is 242 g/mol. The first-order chi connectivity index (χ1) is 7.90. The molecule has 0 bridgehead atoms. The Labute approximate surface area is 100.0 Å². The number of nitrogens with one attached hydrogen (secondary N) is 1. The van der Waals surface area contributed by atoms with Gasteiger partial charge in [0.2, 0.25) is 0 Å². The third-order valence-electron chi connectivity index (χ3n) is 2.09. The van der Waals surface area contributed by atoms with Crippen LogP contribution in [-0.2, 0) is 21.7 Å². The minimum atomic E-state index is -1.22. The number of ether oxygens (including phenoxy) is 2. The molecule has 0 aliphatic rings. The zero-order valence-electron chi connectivity index (χ0n) is 10.5. The molecule has 0 aromatic carbocycles. The van der Waals surface area contributed by atoms with E-state index in [1.807, 2.05) is 0 Å². The summed E-state index contributed by atoms with van der Waals surface area (Å²) in [7, 11) is 1.52. The number of H-pyrrole nitrogens is 1. The summed E-state index contributed by atoms with van der Waals surface area (Å²) in [4.78, 5) is 18.6. The standard InChI is InChI=1S/C11H18N2O4/c1-5-17-10(14)8-9(11(2,3)15)13-7(12-8)6-16-4/h15H,5-6H2,1-4H3,(H,12,13). The van der Waals surface area contributed by atoms with Crippen molar-refractivity contribution in [2.75, 3.05) is 13.7 Å². The van der Waals surface area contributed by atoms with Crippen LogP contribution < -0.4 is 0 Å². The van der Waals surface area contributed by atoms with Gasteiger partial charge in [-0.25, -0.2) is 9.78 Å². The van der Waals surface area contributed by atoms with Crippen LogP contribution in [0.4, 0.5) is 0 Å². The van der Waals surface area contributed by atoms with Gasteiger partial charge in [-0.1, -0.05) is 0 Å². The molecule has 0 saturated heterocycles. The molecule has 0 aliphatic heterocycles. The smallest absolute Gasteiger partial charge is 0.356 e. The Morgan fingerprint density at radius 2 is 2.18 bits per heavy atom. The molecule has 1 rings (SSSR count). The van der Waals surface area contributed by atoms with Crippen LogP contribution in [0.25, 0.3) is 0 Å². The number of imidazole rings is 1. The Kier molecular flexibility index (Phi) is 4.25. The maximum atomic E-state index is 11.7. The number of hydrogen-bond donors (Lipinski definition) is 2. The second kappa shape index (κ2) is 5.29. The second-order valence-electron chi connectivity index (χ2n) is 4.12. The van der Waals surface area contributed by atoms with E-state index in [0.29, 0.717) is 5.82 Å². The molecule has 0 aliphatic carbocycles. The summed E-state index contributed by atoms with van der Waals surface area (Å²) in [6.45, 7) is 5.34. The highest BCUT2D eigenvalue weighted by Crippen LogP contribution is 2.22. The average Bonchev–Trinajstić information content (AvgIpc) is 2.62. The highest BCUT2D eigenvalue weighted by atomic mass is 16.5. The highest BCUT2D eigenvalue weighted by Gasteiger charge is 2.29. The van der Waals surface area contributed by atoms with E-state index in [9.17, 15) is 9.90 Å². The van der Waals surface area contributed by atoms with E-state index in [-0.39, 0.29) is 24.6 Å². The maximum Gasteiger partial charge on any atom is 0.356 e. The molecule has 2 N–H and O–H groups in total. The molecule has 1 aromatic rings. The molecule has 0 unspecified atom stereocenters. The number of rotatable bonds is 5. The van der Waals surface area contributed by atoms with E-state index in [4.69, 9.17) is 9.47 Å². The van der Waals surface area contributed by atoms with Crippen LogP contribution in [0.15, 0.2) is 0 Å². The number of nitrogens with zero attached hydrogens (tertiary/aromatic N) is 1. The van der Waals surface area contributed by atoms with Crippen molar-refractivity contribution in [1.29, 1.82) is 0 Å². The lowest BCUT2D eigenvalue weighted by Crippen LogP contribution is -2.21. The summed E-state index contributed by atoms with van der Waals surface area (Å²) < 4.78 is 9.81. The van der Waals surface area contributed by atoms with Gasteiger partial charge >= 0.3 is 5.97 Å². The Hall–Kier alpha value is -1.40. The molecule has 1 aromatic heterocycles. The summed E-state index contributed by atoms with van der Waals surface area (Å²) >= 11 is 0. The molecule has 6 nitrogen and oxygen atoms in total. The fourth-order valence-corrected chi connectivity index (χ4v) is 1.42. The average molecular weight is 242 g/mol. The van der Waals surface area contributed by atoms with E-state index in [1.54, 1.807) is 20.8 Å². The van der Waals surface area contributed by atoms with E-state index in [2.05, 4.69) is 9.97 Å². The lowest BCUT2D eigenvalue weighted by molar-refractivity contribution is 0.0476. The van der Waals surface area contributed by atoms with E-state index in [1.165, 1.54) is 7.11 Å². The number of methoxy groups -OCH3 is 1. The summed E-state index contributed by atoms with van der Waals surface area (Å²) in [5, 5.41) is 9.94. The van der Waals surface area contributed by atoms with Crippen molar-refractivity contribution in [2.24, 2.45) is 0 Å². The molecule has 0 amide bonds. The first-order valence-corrected chi connectivity index (χ1v) is 5.38. The van der Waals surface area contributed by atoms with Crippen molar-refractivity contribution in [2.45, 2.75) is 33.0 Å². The first-order valence-electron chi connectivity index (χ1n) is 5.38. The molecular weight excluding hydrogens is 224 g/mol. The third-order valence-corrected chi connectivity index (χ3v) is 2.09. The SMILES string of the molecule is CCOC(=O)c1[nH]c(COC)nc1C(C)(C)O. The Morgan fingerprint density at radius 1 is 1.53 bits per heavy atom. The number of aromatic amines is 1. The minimum absolute atomic E-state index is 0.173. The number of hydrogen-bond acceptors (Lipinski definition) is 5. The fourth-order valence-electron chi connectivity index (χ4n) is 1.42. The molecule has 0 fully saturated rings. The van der Waals surface area contributed by atoms with Gasteiger partial charge in [-0.3, -0.25) is 0 Å². The minimum Gasteiger partial charge on any atom is -0.461 e. The lowest BCUT2D eigenvalue weighted by atomic mass is 10.0. The number of carbonyl (C=O) groups excluding carboxylic acids is 1. The van der Waals surface area contributed by atoms with Crippen molar-refractivity contribution >= 4 is 5.97 Å². The maximum absolute atomic E-state index is 11.7. The van der Waals surface area contributed by atoms with Crippen LogP contribution in [0, 0.1) is 0 Å². The van der Waals surface area contributed by atoms with Crippen molar-refractivity contribution in [1.82, 2.24) is 9.97 Å². The Bertz CT molecular complexity index is 393. The van der Waals surface area contributed by atoms with Crippen molar-refractivity contribution in [3.63, 3.8) is 0 Å². The van der Waals surface area contributed by atoms with Gasteiger partial charge in [0.15, 0.2) is 5.69 Å². The van der Waals surface area contributed by atoms with Gasteiger partial charge in [-0.15, -0.1) is 0 Å². The molecular formula is C11H18N2O4. The van der Waals surface area contributed by atoms with Crippen LogP contribution >= 0.6 is 0 Å². The van der Waals surface area contributed by atoms with E-state index < -0.39 is 11.6 Å². The molecule has 6 heteroatoms. The van der Waals surface area contributed by atoms with Gasteiger partial charge in [0, 0.05) is 7.11 Å². The molecule has 17 heavy (non-hydrogen) atoms. The van der Waals surface area contributed by atoms with Crippen molar-refractivity contribution in [3.05, 3.63) is 17.2 Å². The summed E-state index contributed by atoms with van der Waals surface area (Å²) in [5.74, 6) is -0.0489.